The summed E-state index contributed by atoms with van der Waals surface area (Å²) in [4.78, 5) is 19.6. The minimum atomic E-state index is -0.361. The molecule has 8 aromatic rings. The Labute approximate surface area is 595 Å². The fraction of sp³-hybridized carbons (Fsp3) is 0.573. The van der Waals surface area contributed by atoms with Gasteiger partial charge in [0.1, 0.15) is 33.7 Å². The summed E-state index contributed by atoms with van der Waals surface area (Å²) in [6.07, 6.45) is 46.7. The van der Waals surface area contributed by atoms with Crippen molar-refractivity contribution in [2.75, 3.05) is 0 Å². The Kier molecular flexibility index (Phi) is 28.7. The van der Waals surface area contributed by atoms with E-state index < -0.39 is 0 Å². The highest BCUT2D eigenvalue weighted by Crippen LogP contribution is 2.55. The molecule has 4 aromatic carbocycles. The quantitative estimate of drug-likeness (QED) is 0.0357. The Hall–Kier alpha value is -5.08. The number of unbranched alkanes of at least 4 members (excludes halogenated alkanes) is 22. The molecule has 10 rings (SSSR count). The van der Waals surface area contributed by atoms with Crippen molar-refractivity contribution < 1.29 is 9.47 Å². The average molecular weight is 1350 g/mol. The van der Waals surface area contributed by atoms with E-state index in [9.17, 15) is 0 Å². The molecule has 96 heavy (non-hydrogen) atoms. The van der Waals surface area contributed by atoms with E-state index in [1.807, 2.05) is 34.0 Å². The summed E-state index contributed by atoms with van der Waals surface area (Å²) in [7, 11) is 0. The van der Waals surface area contributed by atoms with Gasteiger partial charge < -0.3 is 9.47 Å². The van der Waals surface area contributed by atoms with Crippen LogP contribution in [0.1, 0.15) is 315 Å². The SMILES string of the molecule is CCCCCCCCC1(CCCCCCCC)Oc2cc(-c3ccc(-c4sc(-c5ccc(-c6ccc7c(c6)C(CCCCCCCC)(CCCCCCCC)Oc6ccccc6-7)s5)c5nc(CC(CC)CCCC)c(CC(CC)CCCC)nc45)s3)ccc2-c2ccc(C)cc21. The van der Waals surface area contributed by atoms with Crippen LogP contribution in [0.5, 0.6) is 11.5 Å². The molecule has 4 nitrogen and oxygen atoms in total. The second-order valence-corrected chi connectivity index (χ2v) is 32.6. The third-order valence-corrected chi connectivity index (χ3v) is 25.7. The number of aryl methyl sites for hydroxylation is 1. The van der Waals surface area contributed by atoms with E-state index in [2.05, 4.69) is 165 Å². The van der Waals surface area contributed by atoms with Crippen LogP contribution in [0, 0.1) is 18.8 Å². The van der Waals surface area contributed by atoms with Crippen molar-refractivity contribution in [2.24, 2.45) is 11.8 Å². The van der Waals surface area contributed by atoms with Crippen LogP contribution >= 0.6 is 34.0 Å². The van der Waals surface area contributed by atoms with Crippen LogP contribution in [0.3, 0.4) is 0 Å². The van der Waals surface area contributed by atoms with Gasteiger partial charge in [0.05, 0.1) is 21.1 Å². The molecule has 0 aliphatic carbocycles. The van der Waals surface area contributed by atoms with Crippen LogP contribution in [0.2, 0.25) is 0 Å². The highest BCUT2D eigenvalue weighted by molar-refractivity contribution is 7.29. The first-order valence-corrected chi connectivity index (χ1v) is 42.0. The zero-order valence-corrected chi connectivity index (χ0v) is 63.7. The first-order chi connectivity index (χ1) is 47.1. The topological polar surface area (TPSA) is 44.2 Å². The molecular formula is C89H122N2O2S3. The molecule has 2 aliphatic heterocycles. The molecule has 0 bridgehead atoms. The van der Waals surface area contributed by atoms with E-state index in [4.69, 9.17) is 19.4 Å². The van der Waals surface area contributed by atoms with Crippen molar-refractivity contribution in [1.29, 1.82) is 0 Å². The lowest BCUT2D eigenvalue weighted by Crippen LogP contribution is -2.36. The fourth-order valence-electron chi connectivity index (χ4n) is 16.0. The number of rotatable bonds is 44. The predicted octanol–water partition coefficient (Wildman–Crippen LogP) is 29.8. The Morgan fingerprint density at radius 3 is 1.21 bits per heavy atom. The zero-order chi connectivity index (χ0) is 67.1. The molecule has 0 saturated carbocycles. The van der Waals surface area contributed by atoms with Gasteiger partial charge in [-0.2, -0.15) is 0 Å². The Morgan fingerprint density at radius 2 is 0.740 bits per heavy atom. The summed E-state index contributed by atoms with van der Waals surface area (Å²) in [6, 6.07) is 40.2. The van der Waals surface area contributed by atoms with Gasteiger partial charge in [-0.25, -0.2) is 9.97 Å². The van der Waals surface area contributed by atoms with Gasteiger partial charge in [-0.1, -0.05) is 295 Å². The minimum absolute atomic E-state index is 0.335. The van der Waals surface area contributed by atoms with Gasteiger partial charge in [-0.3, -0.25) is 0 Å². The number of thiophene rings is 3. The average Bonchev–Trinajstić information content (AvgIpc) is 0.853. The first kappa shape index (κ1) is 73.6. The second kappa shape index (κ2) is 37.4. The summed E-state index contributed by atoms with van der Waals surface area (Å²) in [6.45, 7) is 21.0. The minimum Gasteiger partial charge on any atom is -0.482 e. The lowest BCUT2D eigenvalue weighted by atomic mass is 9.77. The molecule has 518 valence electrons. The molecule has 0 saturated heterocycles. The molecule has 0 N–H and O–H groups in total. The van der Waals surface area contributed by atoms with Gasteiger partial charge in [0.15, 0.2) is 0 Å². The smallest absolute Gasteiger partial charge is 0.135 e. The first-order valence-electron chi connectivity index (χ1n) is 39.5. The van der Waals surface area contributed by atoms with E-state index in [1.165, 1.54) is 283 Å². The summed E-state index contributed by atoms with van der Waals surface area (Å²) >= 11 is 5.79. The van der Waals surface area contributed by atoms with Crippen molar-refractivity contribution in [2.45, 2.75) is 318 Å². The Balaban J connectivity index is 1.05. The van der Waals surface area contributed by atoms with E-state index in [0.29, 0.717) is 11.8 Å². The monoisotopic (exact) mass is 1350 g/mol. The van der Waals surface area contributed by atoms with Gasteiger partial charge in [0, 0.05) is 41.8 Å². The van der Waals surface area contributed by atoms with E-state index >= 15 is 0 Å². The van der Waals surface area contributed by atoms with Crippen molar-refractivity contribution in [1.82, 2.24) is 9.97 Å². The molecule has 6 heterocycles. The van der Waals surface area contributed by atoms with Crippen molar-refractivity contribution in [3.05, 3.63) is 131 Å². The number of hydrogen-bond donors (Lipinski definition) is 0. The van der Waals surface area contributed by atoms with Gasteiger partial charge in [0.2, 0.25) is 0 Å². The zero-order valence-electron chi connectivity index (χ0n) is 61.3. The molecule has 0 radical (unpaired) electrons. The predicted molar refractivity (Wildman–Crippen MR) is 421 cm³/mol. The third kappa shape index (κ3) is 18.5. The third-order valence-electron chi connectivity index (χ3n) is 21.9. The van der Waals surface area contributed by atoms with E-state index in [-0.39, 0.29) is 11.2 Å². The van der Waals surface area contributed by atoms with Crippen LogP contribution in [0.25, 0.3) is 73.7 Å². The van der Waals surface area contributed by atoms with Crippen molar-refractivity contribution in [3.63, 3.8) is 0 Å². The standard InChI is InChI=1S/C89H122N2O2S3/c1-10-18-24-28-32-38-56-88(57-39-33-29-25-19-11-2)74-60-65(9)46-49-70(74)73-51-48-69(64-79(73)93-88)81-53-55-83(95-81)87-85-84(90-76(61-66(16-7)42-22-14-5)77(91-85)62-67(17-8)43-23-15-6)86(96-87)82-54-52-80(94-82)68-47-50-71-72-44-36-37-45-78(72)92-89(75(71)63-68,58-40-34-30-26-20-12-3)59-41-35-31-27-21-13-4/h36-37,44-55,60,63-64,66-67H,10-35,38-43,56-59,61-62H2,1-9H3. The van der Waals surface area contributed by atoms with Gasteiger partial charge in [-0.15, -0.1) is 34.0 Å². The summed E-state index contributed by atoms with van der Waals surface area (Å²) < 4.78 is 15.2. The lowest BCUT2D eigenvalue weighted by Gasteiger charge is -2.41. The molecular weight excluding hydrogens is 1230 g/mol. The highest BCUT2D eigenvalue weighted by atomic mass is 32.1. The molecule has 2 atom stereocenters. The lowest BCUT2D eigenvalue weighted by molar-refractivity contribution is 0.0384. The van der Waals surface area contributed by atoms with E-state index in [0.717, 1.165) is 73.9 Å². The van der Waals surface area contributed by atoms with E-state index in [1.54, 1.807) is 0 Å². The van der Waals surface area contributed by atoms with Crippen LogP contribution in [-0.2, 0) is 24.0 Å². The Morgan fingerprint density at radius 1 is 0.354 bits per heavy atom. The number of para-hydroxylation sites is 1. The molecule has 2 aliphatic rings. The maximum absolute atomic E-state index is 7.70. The number of nitrogens with zero attached hydrogens (tertiary/aromatic N) is 2. The summed E-state index contributed by atoms with van der Waals surface area (Å²) in [5.41, 5.74) is 15.8. The fourth-order valence-corrected chi connectivity index (χ4v) is 19.4. The van der Waals surface area contributed by atoms with Crippen LogP contribution in [-0.4, -0.2) is 9.97 Å². The van der Waals surface area contributed by atoms with Crippen LogP contribution < -0.4 is 9.47 Å². The molecule has 0 amide bonds. The largest absolute Gasteiger partial charge is 0.482 e. The highest BCUT2D eigenvalue weighted by Gasteiger charge is 2.42. The maximum atomic E-state index is 7.70. The number of fused-ring (bicyclic) bond motifs is 7. The molecule has 4 aromatic heterocycles. The number of hydrogen-bond acceptors (Lipinski definition) is 7. The van der Waals surface area contributed by atoms with Gasteiger partial charge in [0.25, 0.3) is 0 Å². The molecule has 2 unspecified atom stereocenters. The van der Waals surface area contributed by atoms with Crippen LogP contribution in [0.4, 0.5) is 0 Å². The van der Waals surface area contributed by atoms with Gasteiger partial charge in [-0.05, 0) is 154 Å². The van der Waals surface area contributed by atoms with Crippen molar-refractivity contribution >= 4 is 45.0 Å². The second-order valence-electron chi connectivity index (χ2n) is 29.4. The molecule has 7 heteroatoms. The van der Waals surface area contributed by atoms with Crippen LogP contribution in [0.15, 0.2) is 103 Å². The normalized spacial score (nSPS) is 14.3. The molecule has 0 fully saturated rings. The summed E-state index contributed by atoms with van der Waals surface area (Å²) in [5.74, 6) is 3.27. The maximum Gasteiger partial charge on any atom is 0.135 e. The number of benzene rings is 4. The Bertz CT molecular complexity index is 3620. The number of ether oxygens (including phenoxy) is 2. The van der Waals surface area contributed by atoms with Crippen molar-refractivity contribution in [3.8, 4) is 74.1 Å². The summed E-state index contributed by atoms with van der Waals surface area (Å²) in [5, 5.41) is 0. The molecule has 0 spiro atoms. The number of aromatic nitrogens is 2. The van der Waals surface area contributed by atoms with Gasteiger partial charge >= 0.3 is 0 Å².